The van der Waals surface area contributed by atoms with Crippen LogP contribution in [0, 0.1) is 52.8 Å². The average molecular weight is 281 g/mol. The zero-order valence-corrected chi connectivity index (χ0v) is 15.8. The summed E-state index contributed by atoms with van der Waals surface area (Å²) in [7, 11) is 0. The summed E-state index contributed by atoms with van der Waals surface area (Å²) in [6.45, 7) is 24.8. The van der Waals surface area contributed by atoms with Gasteiger partial charge in [-0.25, -0.2) is 0 Å². The number of hydrogen-bond donors (Lipinski definition) is 0. The Bertz CT molecular complexity index is 289. The van der Waals surface area contributed by atoms with Crippen molar-refractivity contribution in [2.24, 2.45) is 52.8 Å². The smallest absolute Gasteiger partial charge is 0.0300 e. The van der Waals surface area contributed by atoms with Crippen LogP contribution in [-0.4, -0.2) is 0 Å². The Kier molecular flexibility index (Phi) is 5.78. The molecule has 1 fully saturated rings. The lowest BCUT2D eigenvalue weighted by Crippen LogP contribution is -2.38. The van der Waals surface area contributed by atoms with Crippen molar-refractivity contribution in [2.45, 2.75) is 75.7 Å². The van der Waals surface area contributed by atoms with Crippen molar-refractivity contribution >= 4 is 0 Å². The molecule has 0 aromatic rings. The predicted molar refractivity (Wildman–Crippen MR) is 91.7 cm³/mol. The summed E-state index contributed by atoms with van der Waals surface area (Å²) in [5.74, 6) is 6.87. The summed E-state index contributed by atoms with van der Waals surface area (Å²) in [6.07, 6.45) is 1.30. The van der Waals surface area contributed by atoms with Crippen LogP contribution in [0.1, 0.15) is 75.7 Å². The first kappa shape index (κ1) is 18.1. The molecule has 0 aromatic heterocycles. The molecule has 0 aromatic carbocycles. The first-order chi connectivity index (χ1) is 9.07. The zero-order valence-electron chi connectivity index (χ0n) is 15.8. The van der Waals surface area contributed by atoms with Crippen LogP contribution in [0.2, 0.25) is 0 Å². The quantitative estimate of drug-likeness (QED) is 0.539. The lowest BCUT2D eigenvalue weighted by atomic mass is 9.61. The van der Waals surface area contributed by atoms with Gasteiger partial charge in [-0.3, -0.25) is 0 Å². The van der Waals surface area contributed by atoms with E-state index in [0.29, 0.717) is 5.41 Å². The van der Waals surface area contributed by atoms with E-state index in [0.717, 1.165) is 47.3 Å². The van der Waals surface area contributed by atoms with Crippen molar-refractivity contribution < 1.29 is 0 Å². The standard InChI is InChI=1S/C20H40/c1-11-12(2)20(9,10)18(8)17(7)19-15(5)13(3)14(4)16(19)6/h12-19H,11H2,1-10H3. The van der Waals surface area contributed by atoms with Crippen LogP contribution in [0.3, 0.4) is 0 Å². The van der Waals surface area contributed by atoms with Crippen LogP contribution >= 0.6 is 0 Å². The van der Waals surface area contributed by atoms with Crippen molar-refractivity contribution in [3.05, 3.63) is 0 Å². The summed E-state index contributed by atoms with van der Waals surface area (Å²) < 4.78 is 0. The van der Waals surface area contributed by atoms with E-state index in [9.17, 15) is 0 Å². The van der Waals surface area contributed by atoms with Gasteiger partial charge in [-0.15, -0.1) is 0 Å². The van der Waals surface area contributed by atoms with Crippen LogP contribution in [0.4, 0.5) is 0 Å². The van der Waals surface area contributed by atoms with Gasteiger partial charge in [-0.05, 0) is 52.8 Å². The van der Waals surface area contributed by atoms with Crippen LogP contribution in [0.5, 0.6) is 0 Å². The van der Waals surface area contributed by atoms with Crippen LogP contribution in [-0.2, 0) is 0 Å². The lowest BCUT2D eigenvalue weighted by Gasteiger charge is -2.44. The van der Waals surface area contributed by atoms with Crippen LogP contribution in [0.25, 0.3) is 0 Å². The van der Waals surface area contributed by atoms with Crippen molar-refractivity contribution in [2.75, 3.05) is 0 Å². The Morgan fingerprint density at radius 1 is 0.800 bits per heavy atom. The lowest BCUT2D eigenvalue weighted by molar-refractivity contribution is 0.0446. The molecule has 0 saturated heterocycles. The molecule has 0 N–H and O–H groups in total. The molecule has 0 heterocycles. The highest BCUT2D eigenvalue weighted by Gasteiger charge is 2.47. The van der Waals surface area contributed by atoms with Crippen molar-refractivity contribution in [1.82, 2.24) is 0 Å². The summed E-state index contributed by atoms with van der Waals surface area (Å²) in [6, 6.07) is 0. The highest BCUT2D eigenvalue weighted by atomic mass is 14.5. The second kappa shape index (κ2) is 6.41. The van der Waals surface area contributed by atoms with Gasteiger partial charge in [0.15, 0.2) is 0 Å². The minimum atomic E-state index is 0.447. The Morgan fingerprint density at radius 2 is 1.20 bits per heavy atom. The van der Waals surface area contributed by atoms with E-state index in [1.54, 1.807) is 0 Å². The Hall–Kier alpha value is 0. The van der Waals surface area contributed by atoms with Gasteiger partial charge in [0.25, 0.3) is 0 Å². The molecule has 0 aliphatic heterocycles. The molecule has 0 spiro atoms. The molecule has 120 valence electrons. The zero-order chi connectivity index (χ0) is 15.8. The summed E-state index contributed by atoms with van der Waals surface area (Å²) in [5, 5.41) is 0. The monoisotopic (exact) mass is 280 g/mol. The van der Waals surface area contributed by atoms with E-state index < -0.39 is 0 Å². The minimum absolute atomic E-state index is 0.447. The second-order valence-electron chi connectivity index (χ2n) is 8.79. The van der Waals surface area contributed by atoms with Gasteiger partial charge in [-0.2, -0.15) is 0 Å². The minimum Gasteiger partial charge on any atom is -0.0651 e. The molecule has 1 saturated carbocycles. The topological polar surface area (TPSA) is 0 Å². The van der Waals surface area contributed by atoms with Gasteiger partial charge in [0.05, 0.1) is 0 Å². The third-order valence-electron chi connectivity index (χ3n) is 8.15. The molecule has 1 rings (SSSR count). The molecule has 1 aliphatic rings. The largest absolute Gasteiger partial charge is 0.0651 e. The van der Waals surface area contributed by atoms with Gasteiger partial charge in [0.1, 0.15) is 0 Å². The van der Waals surface area contributed by atoms with Gasteiger partial charge in [-0.1, -0.05) is 75.7 Å². The summed E-state index contributed by atoms with van der Waals surface area (Å²) >= 11 is 0. The van der Waals surface area contributed by atoms with Crippen LogP contribution in [0.15, 0.2) is 0 Å². The van der Waals surface area contributed by atoms with Gasteiger partial charge in [0, 0.05) is 0 Å². The predicted octanol–water partition coefficient (Wildman–Crippen LogP) is 6.51. The number of rotatable bonds is 5. The SMILES string of the molecule is CCC(C)C(C)(C)C(C)C(C)C1C(C)C(C)C(C)C1C. The first-order valence-corrected chi connectivity index (χ1v) is 9.07. The Labute approximate surface area is 129 Å². The van der Waals surface area contributed by atoms with Crippen molar-refractivity contribution in [3.8, 4) is 0 Å². The van der Waals surface area contributed by atoms with Crippen molar-refractivity contribution in [3.63, 3.8) is 0 Å². The maximum absolute atomic E-state index is 2.54. The molecule has 7 atom stereocenters. The molecule has 1 aliphatic carbocycles. The molecule has 20 heavy (non-hydrogen) atoms. The second-order valence-corrected chi connectivity index (χ2v) is 8.79. The molecule has 0 amide bonds. The fourth-order valence-electron chi connectivity index (χ4n) is 5.08. The molecule has 0 heteroatoms. The van der Waals surface area contributed by atoms with Crippen molar-refractivity contribution in [1.29, 1.82) is 0 Å². The molecule has 0 nitrogen and oxygen atoms in total. The van der Waals surface area contributed by atoms with E-state index in [4.69, 9.17) is 0 Å². The van der Waals surface area contributed by atoms with Gasteiger partial charge >= 0.3 is 0 Å². The third kappa shape index (κ3) is 2.95. The van der Waals surface area contributed by atoms with Gasteiger partial charge < -0.3 is 0 Å². The maximum atomic E-state index is 2.54. The molecular formula is C20H40. The fraction of sp³-hybridized carbons (Fsp3) is 1.00. The average Bonchev–Trinajstić information content (AvgIpc) is 2.60. The summed E-state index contributed by atoms with van der Waals surface area (Å²) in [5.41, 5.74) is 0.447. The van der Waals surface area contributed by atoms with E-state index in [1.165, 1.54) is 6.42 Å². The third-order valence-corrected chi connectivity index (χ3v) is 8.15. The maximum Gasteiger partial charge on any atom is -0.0300 e. The number of hydrogen-bond acceptors (Lipinski definition) is 0. The Balaban J connectivity index is 2.92. The van der Waals surface area contributed by atoms with E-state index in [1.807, 2.05) is 0 Å². The molecular weight excluding hydrogens is 240 g/mol. The highest BCUT2D eigenvalue weighted by molar-refractivity contribution is 4.95. The Morgan fingerprint density at radius 3 is 1.55 bits per heavy atom. The van der Waals surface area contributed by atoms with E-state index in [-0.39, 0.29) is 0 Å². The van der Waals surface area contributed by atoms with Crippen LogP contribution < -0.4 is 0 Å². The first-order valence-electron chi connectivity index (χ1n) is 9.07. The summed E-state index contributed by atoms with van der Waals surface area (Å²) in [4.78, 5) is 0. The highest BCUT2D eigenvalue weighted by Crippen LogP contribution is 2.53. The molecule has 0 radical (unpaired) electrons. The van der Waals surface area contributed by atoms with E-state index >= 15 is 0 Å². The fourth-order valence-corrected chi connectivity index (χ4v) is 5.08. The normalized spacial score (nSPS) is 39.6. The van der Waals surface area contributed by atoms with Gasteiger partial charge in [0.2, 0.25) is 0 Å². The molecule has 7 unspecified atom stereocenters. The molecule has 0 bridgehead atoms. The van der Waals surface area contributed by atoms with E-state index in [2.05, 4.69) is 69.2 Å².